The molecule has 1 unspecified atom stereocenters. The molecule has 4 heteroatoms. The van der Waals surface area contributed by atoms with Crippen molar-refractivity contribution >= 4 is 5.91 Å². The van der Waals surface area contributed by atoms with E-state index in [1.807, 2.05) is 0 Å². The molecule has 0 aliphatic carbocycles. The Morgan fingerprint density at radius 3 is 2.76 bits per heavy atom. The lowest BCUT2D eigenvalue weighted by Gasteiger charge is -2.37. The summed E-state index contributed by atoms with van der Waals surface area (Å²) in [5.41, 5.74) is 5.40. The van der Waals surface area contributed by atoms with Gasteiger partial charge in [0.15, 0.2) is 0 Å². The molecule has 0 spiro atoms. The lowest BCUT2D eigenvalue weighted by Crippen LogP contribution is -2.47. The molecule has 1 rings (SSSR count). The fourth-order valence-electron chi connectivity index (χ4n) is 2.70. The molecule has 1 aliphatic heterocycles. The van der Waals surface area contributed by atoms with E-state index in [2.05, 4.69) is 24.1 Å². The molecule has 1 amide bonds. The average molecular weight is 241 g/mol. The highest BCUT2D eigenvalue weighted by Gasteiger charge is 2.28. The number of carbonyl (C=O) groups excluding carboxylic acids is 1. The van der Waals surface area contributed by atoms with Gasteiger partial charge in [-0.1, -0.05) is 13.8 Å². The van der Waals surface area contributed by atoms with Crippen molar-refractivity contribution in [2.24, 2.45) is 11.7 Å². The van der Waals surface area contributed by atoms with Crippen LogP contribution in [-0.4, -0.2) is 43.0 Å². The molecule has 1 heterocycles. The smallest absolute Gasteiger partial charge is 0.224 e. The second kappa shape index (κ2) is 7.67. The Kier molecular flexibility index (Phi) is 6.52. The first-order chi connectivity index (χ1) is 8.22. The molecule has 0 aromatic rings. The van der Waals surface area contributed by atoms with Crippen molar-refractivity contribution in [3.05, 3.63) is 0 Å². The van der Waals surface area contributed by atoms with Crippen LogP contribution in [0.2, 0.25) is 0 Å². The highest BCUT2D eigenvalue weighted by Crippen LogP contribution is 2.21. The van der Waals surface area contributed by atoms with E-state index < -0.39 is 0 Å². The van der Waals surface area contributed by atoms with Gasteiger partial charge in [-0.3, -0.25) is 9.69 Å². The van der Waals surface area contributed by atoms with Crippen molar-refractivity contribution in [2.75, 3.05) is 26.2 Å². The summed E-state index contributed by atoms with van der Waals surface area (Å²) in [6.45, 7) is 7.64. The number of rotatable bonds is 6. The van der Waals surface area contributed by atoms with Crippen LogP contribution in [-0.2, 0) is 4.79 Å². The lowest BCUT2D eigenvalue weighted by molar-refractivity contribution is -0.127. The van der Waals surface area contributed by atoms with Gasteiger partial charge >= 0.3 is 0 Å². The molecule has 0 bridgehead atoms. The zero-order valence-corrected chi connectivity index (χ0v) is 11.2. The molecule has 1 fully saturated rings. The minimum Gasteiger partial charge on any atom is -0.355 e. The zero-order valence-electron chi connectivity index (χ0n) is 11.2. The van der Waals surface area contributed by atoms with Crippen LogP contribution in [0.25, 0.3) is 0 Å². The molecular weight excluding hydrogens is 214 g/mol. The maximum atomic E-state index is 11.9. The molecule has 0 aromatic heterocycles. The van der Waals surface area contributed by atoms with Crippen LogP contribution in [0.3, 0.4) is 0 Å². The Hall–Kier alpha value is -0.610. The fourth-order valence-corrected chi connectivity index (χ4v) is 2.70. The van der Waals surface area contributed by atoms with Crippen molar-refractivity contribution in [2.45, 2.75) is 45.6 Å². The second-order valence-corrected chi connectivity index (χ2v) is 4.88. The average Bonchev–Trinajstić information content (AvgIpc) is 2.38. The van der Waals surface area contributed by atoms with E-state index in [1.165, 1.54) is 12.8 Å². The number of amides is 1. The molecule has 17 heavy (non-hydrogen) atoms. The Bertz CT molecular complexity index is 229. The van der Waals surface area contributed by atoms with Crippen LogP contribution in [0.1, 0.15) is 39.5 Å². The SMILES string of the molecule is CCC(CC)N1CCCC(C(=O)NCCN)C1. The predicted octanol–water partition coefficient (Wildman–Crippen LogP) is 0.962. The van der Waals surface area contributed by atoms with Crippen LogP contribution in [0.15, 0.2) is 0 Å². The number of likely N-dealkylation sites (tertiary alicyclic amines) is 1. The first-order valence-electron chi connectivity index (χ1n) is 6.94. The van der Waals surface area contributed by atoms with Gasteiger partial charge in [-0.05, 0) is 32.2 Å². The molecule has 100 valence electrons. The summed E-state index contributed by atoms with van der Waals surface area (Å²) in [7, 11) is 0. The standard InChI is InChI=1S/C13H27N3O/c1-3-12(4-2)16-9-5-6-11(10-16)13(17)15-8-7-14/h11-12H,3-10,14H2,1-2H3,(H,15,17). The normalized spacial score (nSPS) is 21.8. The summed E-state index contributed by atoms with van der Waals surface area (Å²) in [5, 5.41) is 2.91. The van der Waals surface area contributed by atoms with Crippen LogP contribution in [0, 0.1) is 5.92 Å². The highest BCUT2D eigenvalue weighted by molar-refractivity contribution is 5.78. The summed E-state index contributed by atoms with van der Waals surface area (Å²) in [6.07, 6.45) is 4.51. The topological polar surface area (TPSA) is 58.4 Å². The van der Waals surface area contributed by atoms with Gasteiger partial charge in [0.2, 0.25) is 5.91 Å². The Morgan fingerprint density at radius 1 is 1.47 bits per heavy atom. The third-order valence-electron chi connectivity index (χ3n) is 3.73. The highest BCUT2D eigenvalue weighted by atomic mass is 16.1. The first kappa shape index (κ1) is 14.5. The summed E-state index contributed by atoms with van der Waals surface area (Å²) in [4.78, 5) is 14.4. The minimum absolute atomic E-state index is 0.163. The van der Waals surface area contributed by atoms with Gasteiger partial charge in [-0.2, -0.15) is 0 Å². The molecule has 1 saturated heterocycles. The van der Waals surface area contributed by atoms with Gasteiger partial charge in [0, 0.05) is 25.7 Å². The van der Waals surface area contributed by atoms with Gasteiger partial charge in [0.1, 0.15) is 0 Å². The van der Waals surface area contributed by atoms with Crippen molar-refractivity contribution in [3.8, 4) is 0 Å². The van der Waals surface area contributed by atoms with Gasteiger partial charge < -0.3 is 11.1 Å². The molecule has 0 radical (unpaired) electrons. The molecule has 0 aromatic carbocycles. The van der Waals surface area contributed by atoms with Gasteiger partial charge in [0.25, 0.3) is 0 Å². The van der Waals surface area contributed by atoms with Crippen LogP contribution < -0.4 is 11.1 Å². The molecule has 3 N–H and O–H groups in total. The van der Waals surface area contributed by atoms with Gasteiger partial charge in [-0.25, -0.2) is 0 Å². The van der Waals surface area contributed by atoms with Gasteiger partial charge in [0.05, 0.1) is 5.92 Å². The van der Waals surface area contributed by atoms with E-state index in [4.69, 9.17) is 5.73 Å². The van der Waals surface area contributed by atoms with Crippen molar-refractivity contribution in [1.29, 1.82) is 0 Å². The Balaban J connectivity index is 2.45. The minimum atomic E-state index is 0.163. The molecule has 4 nitrogen and oxygen atoms in total. The third kappa shape index (κ3) is 4.28. The van der Waals surface area contributed by atoms with Crippen molar-refractivity contribution < 1.29 is 4.79 Å². The lowest BCUT2D eigenvalue weighted by atomic mass is 9.94. The Morgan fingerprint density at radius 2 is 2.18 bits per heavy atom. The summed E-state index contributed by atoms with van der Waals surface area (Å²) < 4.78 is 0. The van der Waals surface area contributed by atoms with Crippen molar-refractivity contribution in [3.63, 3.8) is 0 Å². The fraction of sp³-hybridized carbons (Fsp3) is 0.923. The molecular formula is C13H27N3O. The predicted molar refractivity (Wildman–Crippen MR) is 70.7 cm³/mol. The summed E-state index contributed by atoms with van der Waals surface area (Å²) in [5.74, 6) is 0.349. The molecule has 0 saturated carbocycles. The summed E-state index contributed by atoms with van der Waals surface area (Å²) >= 11 is 0. The van der Waals surface area contributed by atoms with E-state index in [1.54, 1.807) is 0 Å². The summed E-state index contributed by atoms with van der Waals surface area (Å²) in [6, 6.07) is 0.639. The largest absolute Gasteiger partial charge is 0.355 e. The molecule has 1 aliphatic rings. The second-order valence-electron chi connectivity index (χ2n) is 4.88. The van der Waals surface area contributed by atoms with E-state index in [0.29, 0.717) is 19.1 Å². The van der Waals surface area contributed by atoms with E-state index >= 15 is 0 Å². The number of hydrogen-bond donors (Lipinski definition) is 2. The van der Waals surface area contributed by atoms with Gasteiger partial charge in [-0.15, -0.1) is 0 Å². The number of carbonyl (C=O) groups is 1. The first-order valence-corrected chi connectivity index (χ1v) is 6.94. The van der Waals surface area contributed by atoms with Crippen LogP contribution in [0.5, 0.6) is 0 Å². The maximum Gasteiger partial charge on any atom is 0.224 e. The number of piperidine rings is 1. The zero-order chi connectivity index (χ0) is 12.7. The number of nitrogens with two attached hydrogens (primary N) is 1. The van der Waals surface area contributed by atoms with Crippen molar-refractivity contribution in [1.82, 2.24) is 10.2 Å². The number of hydrogen-bond acceptors (Lipinski definition) is 3. The van der Waals surface area contributed by atoms with E-state index in [-0.39, 0.29) is 11.8 Å². The number of nitrogens with zero attached hydrogens (tertiary/aromatic N) is 1. The quantitative estimate of drug-likeness (QED) is 0.728. The van der Waals surface area contributed by atoms with Crippen LogP contribution in [0.4, 0.5) is 0 Å². The Labute approximate surface area is 105 Å². The third-order valence-corrected chi connectivity index (χ3v) is 3.73. The number of nitrogens with one attached hydrogen (secondary N) is 1. The van der Waals surface area contributed by atoms with E-state index in [0.717, 1.165) is 25.9 Å². The monoisotopic (exact) mass is 241 g/mol. The maximum absolute atomic E-state index is 11.9. The van der Waals surface area contributed by atoms with E-state index in [9.17, 15) is 4.79 Å². The van der Waals surface area contributed by atoms with Crippen LogP contribution >= 0.6 is 0 Å². The molecule has 1 atom stereocenters.